The monoisotopic (exact) mass is 266 g/mol. The summed E-state index contributed by atoms with van der Waals surface area (Å²) in [7, 11) is 0. The Labute approximate surface area is 106 Å². The number of nitro groups is 1. The molecule has 2 aromatic heterocycles. The summed E-state index contributed by atoms with van der Waals surface area (Å²) < 4.78 is 0. The average Bonchev–Trinajstić information content (AvgIpc) is 2.57. The van der Waals surface area contributed by atoms with E-state index >= 15 is 0 Å². The smallest absolute Gasteiger partial charge is 0.353 e. The highest BCUT2D eigenvalue weighted by Crippen LogP contribution is 2.31. The molecule has 94 valence electrons. The molecule has 0 unspecified atom stereocenters. The topological polar surface area (TPSA) is 120 Å². The van der Waals surface area contributed by atoms with Crippen molar-refractivity contribution < 1.29 is 4.92 Å². The number of nitrogens with two attached hydrogens (primary N) is 1. The van der Waals surface area contributed by atoms with Gasteiger partial charge in [-0.2, -0.15) is 0 Å². The molecule has 0 aromatic carbocycles. The number of anilines is 3. The molecule has 0 fully saturated rings. The van der Waals surface area contributed by atoms with Gasteiger partial charge in [0.2, 0.25) is 11.6 Å². The van der Waals surface area contributed by atoms with Crippen LogP contribution in [0.25, 0.3) is 0 Å². The molecule has 0 amide bonds. The maximum absolute atomic E-state index is 10.9. The quantitative estimate of drug-likeness (QED) is 0.641. The van der Waals surface area contributed by atoms with Gasteiger partial charge >= 0.3 is 5.69 Å². The van der Waals surface area contributed by atoms with Gasteiger partial charge in [-0.25, -0.2) is 15.0 Å². The van der Waals surface area contributed by atoms with Gasteiger partial charge in [0, 0.05) is 4.88 Å². The Morgan fingerprint density at radius 3 is 2.72 bits per heavy atom. The van der Waals surface area contributed by atoms with Crippen LogP contribution in [0.1, 0.15) is 10.6 Å². The Bertz CT molecular complexity index is 592. The van der Waals surface area contributed by atoms with Crippen LogP contribution in [0.5, 0.6) is 0 Å². The lowest BCUT2D eigenvalue weighted by molar-refractivity contribution is -0.383. The zero-order valence-corrected chi connectivity index (χ0v) is 10.5. The van der Waals surface area contributed by atoms with Gasteiger partial charge in [0.15, 0.2) is 5.13 Å². The minimum absolute atomic E-state index is 0.0428. The summed E-state index contributed by atoms with van der Waals surface area (Å²) in [6.45, 7) is 3.78. The molecule has 0 saturated carbocycles. The summed E-state index contributed by atoms with van der Waals surface area (Å²) in [5, 5.41) is 14.2. The van der Waals surface area contributed by atoms with E-state index in [-0.39, 0.29) is 17.3 Å². The Morgan fingerprint density at radius 1 is 1.44 bits per heavy atom. The van der Waals surface area contributed by atoms with E-state index in [2.05, 4.69) is 20.3 Å². The third-order valence-corrected chi connectivity index (χ3v) is 3.28. The molecule has 0 aliphatic heterocycles. The molecule has 0 saturated heterocycles. The van der Waals surface area contributed by atoms with E-state index < -0.39 is 4.92 Å². The molecule has 0 radical (unpaired) electrons. The molecule has 0 aliphatic rings. The van der Waals surface area contributed by atoms with E-state index in [9.17, 15) is 10.1 Å². The first-order valence-corrected chi connectivity index (χ1v) is 5.76. The highest BCUT2D eigenvalue weighted by atomic mass is 32.1. The SMILES string of the molecule is Cc1nc(Nc2ncnc(N)c2[N+](=O)[O-])sc1C. The van der Waals surface area contributed by atoms with Crippen LogP contribution in [0.3, 0.4) is 0 Å². The van der Waals surface area contributed by atoms with Gasteiger partial charge in [-0.05, 0) is 13.8 Å². The summed E-state index contributed by atoms with van der Waals surface area (Å²) in [5.74, 6) is -0.135. The molecule has 0 aliphatic carbocycles. The summed E-state index contributed by atoms with van der Waals surface area (Å²) in [4.78, 5) is 22.9. The fraction of sp³-hybridized carbons (Fsp3) is 0.222. The van der Waals surface area contributed by atoms with E-state index in [0.29, 0.717) is 5.13 Å². The standard InChI is InChI=1S/C9H10N6O2S/c1-4-5(2)18-9(13-4)14-8-6(15(16)17)7(10)11-3-12-8/h3H,1-2H3,(H3,10,11,12,13,14). The van der Waals surface area contributed by atoms with Crippen LogP contribution in [-0.2, 0) is 0 Å². The number of hydrogen-bond acceptors (Lipinski definition) is 8. The summed E-state index contributed by atoms with van der Waals surface area (Å²) in [6, 6.07) is 0. The second-order valence-corrected chi connectivity index (χ2v) is 4.70. The minimum atomic E-state index is -0.620. The Kier molecular flexibility index (Phi) is 3.06. The van der Waals surface area contributed by atoms with Crippen molar-refractivity contribution in [2.45, 2.75) is 13.8 Å². The van der Waals surface area contributed by atoms with Crippen molar-refractivity contribution in [3.63, 3.8) is 0 Å². The lowest BCUT2D eigenvalue weighted by atomic mass is 10.4. The van der Waals surface area contributed by atoms with Crippen molar-refractivity contribution in [3.8, 4) is 0 Å². The van der Waals surface area contributed by atoms with E-state index in [1.165, 1.54) is 11.3 Å². The summed E-state index contributed by atoms with van der Waals surface area (Å²) in [6.07, 6.45) is 1.16. The Balaban J connectivity index is 2.40. The maximum atomic E-state index is 10.9. The number of nitrogens with zero attached hydrogens (tertiary/aromatic N) is 4. The second-order valence-electron chi connectivity index (χ2n) is 3.50. The van der Waals surface area contributed by atoms with Crippen molar-refractivity contribution in [1.29, 1.82) is 0 Å². The summed E-state index contributed by atoms with van der Waals surface area (Å²) in [5.41, 5.74) is 5.98. The van der Waals surface area contributed by atoms with Crippen molar-refractivity contribution in [1.82, 2.24) is 15.0 Å². The van der Waals surface area contributed by atoms with Crippen LogP contribution < -0.4 is 11.1 Å². The lowest BCUT2D eigenvalue weighted by Gasteiger charge is -2.03. The first-order valence-electron chi connectivity index (χ1n) is 4.95. The van der Waals surface area contributed by atoms with Crippen LogP contribution >= 0.6 is 11.3 Å². The number of nitrogen functional groups attached to an aromatic ring is 1. The third-order valence-electron chi connectivity index (χ3n) is 2.29. The molecular weight excluding hydrogens is 256 g/mol. The minimum Gasteiger partial charge on any atom is -0.378 e. The zero-order valence-electron chi connectivity index (χ0n) is 9.67. The fourth-order valence-corrected chi connectivity index (χ4v) is 2.11. The number of nitrogens with one attached hydrogen (secondary N) is 1. The molecule has 2 rings (SSSR count). The number of hydrogen-bond donors (Lipinski definition) is 2. The maximum Gasteiger partial charge on any atom is 0.353 e. The van der Waals surface area contributed by atoms with E-state index in [4.69, 9.17) is 5.73 Å². The van der Waals surface area contributed by atoms with Crippen molar-refractivity contribution in [2.24, 2.45) is 0 Å². The van der Waals surface area contributed by atoms with Crippen molar-refractivity contribution in [2.75, 3.05) is 11.1 Å². The predicted octanol–water partition coefficient (Wildman–Crippen LogP) is 1.78. The van der Waals surface area contributed by atoms with Gasteiger partial charge in [0.1, 0.15) is 6.33 Å². The zero-order chi connectivity index (χ0) is 13.3. The second kappa shape index (κ2) is 4.53. The molecule has 2 aromatic rings. The van der Waals surface area contributed by atoms with E-state index in [0.717, 1.165) is 16.9 Å². The van der Waals surface area contributed by atoms with Crippen LogP contribution in [0.4, 0.5) is 22.5 Å². The average molecular weight is 266 g/mol. The largest absolute Gasteiger partial charge is 0.378 e. The molecule has 2 heterocycles. The first-order chi connectivity index (χ1) is 8.49. The van der Waals surface area contributed by atoms with Gasteiger partial charge < -0.3 is 11.1 Å². The van der Waals surface area contributed by atoms with Crippen LogP contribution in [-0.4, -0.2) is 19.9 Å². The van der Waals surface area contributed by atoms with Crippen LogP contribution in [0, 0.1) is 24.0 Å². The molecule has 9 heteroatoms. The molecule has 0 spiro atoms. The van der Waals surface area contributed by atoms with Crippen LogP contribution in [0.2, 0.25) is 0 Å². The molecule has 0 atom stereocenters. The molecular formula is C9H10N6O2S. The van der Waals surface area contributed by atoms with Gasteiger partial charge in [0.25, 0.3) is 0 Å². The number of rotatable bonds is 3. The molecule has 3 N–H and O–H groups in total. The Hall–Kier alpha value is -2.29. The van der Waals surface area contributed by atoms with Gasteiger partial charge in [-0.3, -0.25) is 10.1 Å². The highest BCUT2D eigenvalue weighted by molar-refractivity contribution is 7.15. The number of aryl methyl sites for hydroxylation is 2. The lowest BCUT2D eigenvalue weighted by Crippen LogP contribution is -2.04. The number of thiazole rings is 1. The normalized spacial score (nSPS) is 10.3. The predicted molar refractivity (Wildman–Crippen MR) is 68.0 cm³/mol. The third kappa shape index (κ3) is 2.20. The van der Waals surface area contributed by atoms with E-state index in [1.807, 2.05) is 13.8 Å². The van der Waals surface area contributed by atoms with Gasteiger partial charge in [-0.1, -0.05) is 0 Å². The molecule has 18 heavy (non-hydrogen) atoms. The van der Waals surface area contributed by atoms with Gasteiger partial charge in [0.05, 0.1) is 10.6 Å². The van der Waals surface area contributed by atoms with E-state index in [1.54, 1.807) is 0 Å². The fourth-order valence-electron chi connectivity index (χ4n) is 1.29. The molecule has 8 nitrogen and oxygen atoms in total. The van der Waals surface area contributed by atoms with Gasteiger partial charge in [-0.15, -0.1) is 11.3 Å². The highest BCUT2D eigenvalue weighted by Gasteiger charge is 2.21. The molecule has 0 bridgehead atoms. The summed E-state index contributed by atoms with van der Waals surface area (Å²) >= 11 is 1.39. The van der Waals surface area contributed by atoms with Crippen molar-refractivity contribution >= 4 is 33.8 Å². The Morgan fingerprint density at radius 2 is 2.17 bits per heavy atom. The first kappa shape index (κ1) is 12.2. The van der Waals surface area contributed by atoms with Crippen LogP contribution in [0.15, 0.2) is 6.33 Å². The van der Waals surface area contributed by atoms with Crippen molar-refractivity contribution in [3.05, 3.63) is 27.0 Å². The number of aromatic nitrogens is 3.